The lowest BCUT2D eigenvalue weighted by Gasteiger charge is -2.37. The van der Waals surface area contributed by atoms with Crippen LogP contribution in [-0.4, -0.2) is 74.6 Å². The molecule has 1 aromatic carbocycles. The van der Waals surface area contributed by atoms with Gasteiger partial charge in [0.1, 0.15) is 6.04 Å². The summed E-state index contributed by atoms with van der Waals surface area (Å²) in [5.74, 6) is -0.371. The molecule has 23 heavy (non-hydrogen) atoms. The van der Waals surface area contributed by atoms with Crippen molar-refractivity contribution in [1.82, 2.24) is 14.1 Å². The Bertz CT molecular complexity index is 713. The second-order valence-electron chi connectivity index (χ2n) is 5.75. The zero-order chi connectivity index (χ0) is 17.4. The van der Waals surface area contributed by atoms with Gasteiger partial charge in [-0.05, 0) is 31.2 Å². The highest BCUT2D eigenvalue weighted by atomic mass is 32.2. The molecule has 1 aromatic rings. The van der Waals surface area contributed by atoms with Gasteiger partial charge in [-0.25, -0.2) is 12.7 Å². The zero-order valence-electron chi connectivity index (χ0n) is 13.7. The van der Waals surface area contributed by atoms with Crippen LogP contribution in [0.1, 0.15) is 17.3 Å². The van der Waals surface area contributed by atoms with Crippen LogP contribution in [0.25, 0.3) is 0 Å². The fourth-order valence-electron chi connectivity index (χ4n) is 2.44. The molecule has 8 heteroatoms. The molecule has 2 amide bonds. The van der Waals surface area contributed by atoms with Crippen molar-refractivity contribution in [2.75, 3.05) is 34.2 Å². The predicted octanol–water partition coefficient (Wildman–Crippen LogP) is 0.240. The van der Waals surface area contributed by atoms with Gasteiger partial charge in [0.05, 0.1) is 4.90 Å². The summed E-state index contributed by atoms with van der Waals surface area (Å²) in [6.45, 7) is 2.64. The molecule has 2 rings (SSSR count). The molecule has 0 aromatic heterocycles. The normalized spacial score (nSPS) is 19.3. The summed E-state index contributed by atoms with van der Waals surface area (Å²) < 4.78 is 25.2. The summed E-state index contributed by atoms with van der Waals surface area (Å²) in [6, 6.07) is 5.25. The van der Waals surface area contributed by atoms with Crippen LogP contribution in [-0.2, 0) is 14.8 Å². The first-order valence-corrected chi connectivity index (χ1v) is 8.69. The summed E-state index contributed by atoms with van der Waals surface area (Å²) in [7, 11) is 1.09. The fourth-order valence-corrected chi connectivity index (χ4v) is 3.34. The number of likely N-dealkylation sites (N-methyl/N-ethyl adjacent to an activating group) is 1. The number of carbonyl (C=O) groups is 2. The average Bonchev–Trinajstić information content (AvgIpc) is 2.52. The van der Waals surface area contributed by atoms with E-state index in [1.54, 1.807) is 18.9 Å². The predicted molar refractivity (Wildman–Crippen MR) is 85.5 cm³/mol. The van der Waals surface area contributed by atoms with E-state index in [0.717, 1.165) is 4.31 Å². The van der Waals surface area contributed by atoms with Gasteiger partial charge in [0.25, 0.3) is 5.91 Å². The van der Waals surface area contributed by atoms with Crippen molar-refractivity contribution in [1.29, 1.82) is 0 Å². The monoisotopic (exact) mass is 339 g/mol. The van der Waals surface area contributed by atoms with Crippen molar-refractivity contribution in [3.05, 3.63) is 29.8 Å². The minimum absolute atomic E-state index is 0.101. The Morgan fingerprint density at radius 1 is 1.17 bits per heavy atom. The van der Waals surface area contributed by atoms with E-state index in [4.69, 9.17) is 0 Å². The maximum Gasteiger partial charge on any atom is 0.254 e. The van der Waals surface area contributed by atoms with Gasteiger partial charge in [0, 0.05) is 39.8 Å². The standard InChI is InChI=1S/C15H21N3O4S/c1-11-14(19)17(4)9-10-18(11)15(20)12-5-7-13(8-6-12)23(21,22)16(2)3/h5-8,11H,9-10H2,1-4H3. The molecule has 1 atom stereocenters. The van der Waals surface area contributed by atoms with E-state index in [-0.39, 0.29) is 16.7 Å². The highest BCUT2D eigenvalue weighted by molar-refractivity contribution is 7.89. The van der Waals surface area contributed by atoms with E-state index in [0.29, 0.717) is 18.7 Å². The van der Waals surface area contributed by atoms with Crippen LogP contribution >= 0.6 is 0 Å². The number of nitrogens with zero attached hydrogens (tertiary/aromatic N) is 3. The smallest absolute Gasteiger partial charge is 0.254 e. The van der Waals surface area contributed by atoms with Crippen molar-refractivity contribution in [3.63, 3.8) is 0 Å². The molecular weight excluding hydrogens is 318 g/mol. The molecule has 1 fully saturated rings. The van der Waals surface area contributed by atoms with E-state index < -0.39 is 16.1 Å². The Morgan fingerprint density at radius 3 is 2.26 bits per heavy atom. The highest BCUT2D eigenvalue weighted by Crippen LogP contribution is 2.18. The first kappa shape index (κ1) is 17.4. The molecule has 1 aliphatic rings. The maximum absolute atomic E-state index is 12.6. The first-order valence-electron chi connectivity index (χ1n) is 7.25. The summed E-state index contributed by atoms with van der Waals surface area (Å²) >= 11 is 0. The number of hydrogen-bond acceptors (Lipinski definition) is 4. The van der Waals surface area contributed by atoms with Gasteiger partial charge in [0.15, 0.2) is 0 Å². The number of benzene rings is 1. The van der Waals surface area contributed by atoms with Crippen LogP contribution in [0.2, 0.25) is 0 Å². The number of sulfonamides is 1. The second-order valence-corrected chi connectivity index (χ2v) is 7.90. The molecular formula is C15H21N3O4S. The molecule has 0 spiro atoms. The topological polar surface area (TPSA) is 78.0 Å². The number of piperazine rings is 1. The van der Waals surface area contributed by atoms with Crippen molar-refractivity contribution in [2.24, 2.45) is 0 Å². The molecule has 0 saturated carbocycles. The summed E-state index contributed by atoms with van der Waals surface area (Å²) in [4.78, 5) is 27.8. The molecule has 1 heterocycles. The van der Waals surface area contributed by atoms with Crippen molar-refractivity contribution >= 4 is 21.8 Å². The molecule has 1 unspecified atom stereocenters. The second kappa shape index (κ2) is 6.29. The maximum atomic E-state index is 12.6. The Kier molecular flexibility index (Phi) is 4.76. The van der Waals surface area contributed by atoms with Gasteiger partial charge < -0.3 is 9.80 Å². The van der Waals surface area contributed by atoms with Gasteiger partial charge in [-0.1, -0.05) is 0 Å². The molecule has 126 valence electrons. The lowest BCUT2D eigenvalue weighted by atomic mass is 10.1. The number of rotatable bonds is 3. The van der Waals surface area contributed by atoms with Gasteiger partial charge in [-0.15, -0.1) is 0 Å². The number of carbonyl (C=O) groups excluding carboxylic acids is 2. The molecule has 1 aliphatic heterocycles. The van der Waals surface area contributed by atoms with E-state index >= 15 is 0 Å². The quantitative estimate of drug-likeness (QED) is 0.790. The fraction of sp³-hybridized carbons (Fsp3) is 0.467. The minimum Gasteiger partial charge on any atom is -0.342 e. The first-order chi connectivity index (χ1) is 10.7. The van der Waals surface area contributed by atoms with Crippen LogP contribution in [0, 0.1) is 0 Å². The molecule has 1 saturated heterocycles. The van der Waals surface area contributed by atoms with Gasteiger partial charge in [-0.3, -0.25) is 9.59 Å². The van der Waals surface area contributed by atoms with Crippen LogP contribution < -0.4 is 0 Å². The zero-order valence-corrected chi connectivity index (χ0v) is 14.5. The van der Waals surface area contributed by atoms with E-state index in [2.05, 4.69) is 0 Å². The number of amides is 2. The Balaban J connectivity index is 2.23. The van der Waals surface area contributed by atoms with E-state index in [1.165, 1.54) is 43.3 Å². The molecule has 7 nitrogen and oxygen atoms in total. The van der Waals surface area contributed by atoms with Crippen LogP contribution in [0.5, 0.6) is 0 Å². The van der Waals surface area contributed by atoms with Crippen molar-refractivity contribution < 1.29 is 18.0 Å². The Morgan fingerprint density at radius 2 is 1.74 bits per heavy atom. The average molecular weight is 339 g/mol. The van der Waals surface area contributed by atoms with E-state index in [1.807, 2.05) is 0 Å². The molecule has 0 bridgehead atoms. The summed E-state index contributed by atoms with van der Waals surface area (Å²) in [6.07, 6.45) is 0. The van der Waals surface area contributed by atoms with Crippen LogP contribution in [0.3, 0.4) is 0 Å². The summed E-state index contributed by atoms with van der Waals surface area (Å²) in [5.41, 5.74) is 0.368. The van der Waals surface area contributed by atoms with Gasteiger partial charge >= 0.3 is 0 Å². The Hall–Kier alpha value is -1.93. The molecule has 0 radical (unpaired) electrons. The van der Waals surface area contributed by atoms with Crippen LogP contribution in [0.4, 0.5) is 0 Å². The highest BCUT2D eigenvalue weighted by Gasteiger charge is 2.33. The van der Waals surface area contributed by atoms with Crippen molar-refractivity contribution in [2.45, 2.75) is 17.9 Å². The third-order valence-electron chi connectivity index (χ3n) is 4.02. The SMILES string of the molecule is CC1C(=O)N(C)CCN1C(=O)c1ccc(S(=O)(=O)N(C)C)cc1. The lowest BCUT2D eigenvalue weighted by Crippen LogP contribution is -2.56. The number of hydrogen-bond donors (Lipinski definition) is 0. The summed E-state index contributed by atoms with van der Waals surface area (Å²) in [5, 5.41) is 0. The Labute approximate surface area is 136 Å². The lowest BCUT2D eigenvalue weighted by molar-refractivity contribution is -0.137. The van der Waals surface area contributed by atoms with E-state index in [9.17, 15) is 18.0 Å². The third-order valence-corrected chi connectivity index (χ3v) is 5.85. The van der Waals surface area contributed by atoms with Crippen LogP contribution in [0.15, 0.2) is 29.2 Å². The van der Waals surface area contributed by atoms with Gasteiger partial charge in [0.2, 0.25) is 15.9 Å². The van der Waals surface area contributed by atoms with Gasteiger partial charge in [-0.2, -0.15) is 0 Å². The molecule has 0 N–H and O–H groups in total. The third kappa shape index (κ3) is 3.23. The largest absolute Gasteiger partial charge is 0.342 e. The van der Waals surface area contributed by atoms with Crippen molar-refractivity contribution in [3.8, 4) is 0 Å². The minimum atomic E-state index is -3.52. The molecule has 0 aliphatic carbocycles.